The van der Waals surface area contributed by atoms with E-state index >= 15 is 0 Å². The fourth-order valence-electron chi connectivity index (χ4n) is 2.65. The fraction of sp³-hybridized carbons (Fsp3) is 0.923. The Kier molecular flexibility index (Phi) is 4.49. The van der Waals surface area contributed by atoms with E-state index in [1.807, 2.05) is 4.90 Å². The number of rotatable bonds is 1. The molecule has 0 aromatic heterocycles. The number of hydrogen-bond donors (Lipinski definition) is 0. The molecule has 2 fully saturated rings. The van der Waals surface area contributed by atoms with E-state index in [1.54, 1.807) is 0 Å². The number of carbonyl (C=O) groups is 1. The van der Waals surface area contributed by atoms with E-state index in [2.05, 4.69) is 0 Å². The minimum atomic E-state index is -0.0633. The molecule has 0 atom stereocenters. The lowest BCUT2D eigenvalue weighted by atomic mass is 10.1. The van der Waals surface area contributed by atoms with Crippen LogP contribution in [0.4, 0.5) is 4.79 Å². The number of carbonyl (C=O) groups excluding carboxylic acids is 1. The SMILES string of the molecule is O=C(OC1CCCCCC1)N1CCCCC1. The normalized spacial score (nSPS) is 23.9. The maximum atomic E-state index is 11.9. The lowest BCUT2D eigenvalue weighted by Gasteiger charge is -2.28. The van der Waals surface area contributed by atoms with Gasteiger partial charge in [0.05, 0.1) is 0 Å². The molecule has 1 heterocycles. The molecule has 92 valence electrons. The van der Waals surface area contributed by atoms with Crippen LogP contribution in [0.5, 0.6) is 0 Å². The molecule has 3 heteroatoms. The number of piperidine rings is 1. The third-order valence-electron chi connectivity index (χ3n) is 3.68. The van der Waals surface area contributed by atoms with Crippen molar-refractivity contribution in [2.24, 2.45) is 0 Å². The van der Waals surface area contributed by atoms with E-state index in [9.17, 15) is 4.79 Å². The molecule has 16 heavy (non-hydrogen) atoms. The average Bonchev–Trinajstić information content (AvgIpc) is 2.59. The second-order valence-corrected chi connectivity index (χ2v) is 5.05. The zero-order valence-corrected chi connectivity index (χ0v) is 10.1. The van der Waals surface area contributed by atoms with Gasteiger partial charge in [-0.3, -0.25) is 0 Å². The molecular weight excluding hydrogens is 202 g/mol. The first kappa shape index (κ1) is 11.7. The minimum absolute atomic E-state index is 0.0633. The summed E-state index contributed by atoms with van der Waals surface area (Å²) in [7, 11) is 0. The van der Waals surface area contributed by atoms with Crippen LogP contribution in [0.1, 0.15) is 57.8 Å². The van der Waals surface area contributed by atoms with Crippen LogP contribution >= 0.6 is 0 Å². The first-order valence-electron chi connectivity index (χ1n) is 6.82. The van der Waals surface area contributed by atoms with Gasteiger partial charge in [0.25, 0.3) is 0 Å². The van der Waals surface area contributed by atoms with Crippen molar-refractivity contribution in [1.82, 2.24) is 4.90 Å². The summed E-state index contributed by atoms with van der Waals surface area (Å²) < 4.78 is 5.60. The second kappa shape index (κ2) is 6.12. The van der Waals surface area contributed by atoms with Gasteiger partial charge < -0.3 is 9.64 Å². The molecule has 1 aliphatic heterocycles. The van der Waals surface area contributed by atoms with Crippen LogP contribution in [0, 0.1) is 0 Å². The molecular formula is C13H23NO2. The third kappa shape index (κ3) is 3.39. The molecule has 1 amide bonds. The molecule has 0 bridgehead atoms. The van der Waals surface area contributed by atoms with Crippen LogP contribution in [0.3, 0.4) is 0 Å². The number of likely N-dealkylation sites (tertiary alicyclic amines) is 1. The zero-order valence-electron chi connectivity index (χ0n) is 10.1. The van der Waals surface area contributed by atoms with Crippen LogP contribution < -0.4 is 0 Å². The van der Waals surface area contributed by atoms with Gasteiger partial charge in [-0.05, 0) is 44.9 Å². The van der Waals surface area contributed by atoms with Crippen molar-refractivity contribution in [3.05, 3.63) is 0 Å². The highest BCUT2D eigenvalue weighted by atomic mass is 16.6. The van der Waals surface area contributed by atoms with Crippen molar-refractivity contribution >= 4 is 6.09 Å². The summed E-state index contributed by atoms with van der Waals surface area (Å²) in [4.78, 5) is 13.8. The Balaban J connectivity index is 1.76. The van der Waals surface area contributed by atoms with E-state index in [0.717, 1.165) is 38.8 Å². The molecule has 0 spiro atoms. The summed E-state index contributed by atoms with van der Waals surface area (Å²) in [6, 6.07) is 0. The molecule has 3 nitrogen and oxygen atoms in total. The van der Waals surface area contributed by atoms with Crippen molar-refractivity contribution < 1.29 is 9.53 Å². The first-order valence-corrected chi connectivity index (χ1v) is 6.82. The van der Waals surface area contributed by atoms with Gasteiger partial charge in [0.1, 0.15) is 6.10 Å². The molecule has 0 radical (unpaired) electrons. The molecule has 2 rings (SSSR count). The van der Waals surface area contributed by atoms with Crippen molar-refractivity contribution in [3.8, 4) is 0 Å². The highest BCUT2D eigenvalue weighted by Gasteiger charge is 2.22. The van der Waals surface area contributed by atoms with E-state index in [0.29, 0.717) is 0 Å². The molecule has 1 aliphatic carbocycles. The predicted octanol–water partition coefficient (Wildman–Crippen LogP) is 3.33. The summed E-state index contributed by atoms with van der Waals surface area (Å²) in [5.74, 6) is 0. The van der Waals surface area contributed by atoms with Gasteiger partial charge >= 0.3 is 6.09 Å². The Labute approximate surface area is 98.1 Å². The highest BCUT2D eigenvalue weighted by Crippen LogP contribution is 2.21. The zero-order chi connectivity index (χ0) is 11.2. The quantitative estimate of drug-likeness (QED) is 0.641. The summed E-state index contributed by atoms with van der Waals surface area (Å²) in [5, 5.41) is 0. The van der Waals surface area contributed by atoms with Gasteiger partial charge in [-0.1, -0.05) is 12.8 Å². The van der Waals surface area contributed by atoms with Gasteiger partial charge in [-0.25, -0.2) is 4.79 Å². The third-order valence-corrected chi connectivity index (χ3v) is 3.68. The number of nitrogens with zero attached hydrogens (tertiary/aromatic N) is 1. The van der Waals surface area contributed by atoms with E-state index < -0.39 is 0 Å². The van der Waals surface area contributed by atoms with Crippen LogP contribution in [0.25, 0.3) is 0 Å². The molecule has 0 aromatic rings. The molecule has 1 saturated heterocycles. The smallest absolute Gasteiger partial charge is 0.410 e. The van der Waals surface area contributed by atoms with Crippen molar-refractivity contribution in [1.29, 1.82) is 0 Å². The predicted molar refractivity (Wildman–Crippen MR) is 63.4 cm³/mol. The Bertz CT molecular complexity index is 216. The van der Waals surface area contributed by atoms with E-state index in [-0.39, 0.29) is 12.2 Å². The van der Waals surface area contributed by atoms with Crippen LogP contribution in [-0.4, -0.2) is 30.2 Å². The van der Waals surface area contributed by atoms with E-state index in [1.165, 1.54) is 32.1 Å². The standard InChI is InChI=1S/C13H23NO2/c15-13(14-10-6-3-7-11-14)16-12-8-4-1-2-5-9-12/h12H,1-11H2. The number of ether oxygens (including phenoxy) is 1. The van der Waals surface area contributed by atoms with Crippen LogP contribution in [-0.2, 0) is 4.74 Å². The Hall–Kier alpha value is -0.730. The Morgan fingerprint density at radius 2 is 1.44 bits per heavy atom. The van der Waals surface area contributed by atoms with Gasteiger partial charge in [-0.2, -0.15) is 0 Å². The number of hydrogen-bond acceptors (Lipinski definition) is 2. The van der Waals surface area contributed by atoms with Gasteiger partial charge in [0, 0.05) is 13.1 Å². The maximum Gasteiger partial charge on any atom is 0.410 e. The monoisotopic (exact) mass is 225 g/mol. The molecule has 1 saturated carbocycles. The minimum Gasteiger partial charge on any atom is -0.446 e. The lowest BCUT2D eigenvalue weighted by Crippen LogP contribution is -2.37. The van der Waals surface area contributed by atoms with Gasteiger partial charge in [-0.15, -0.1) is 0 Å². The maximum absolute atomic E-state index is 11.9. The van der Waals surface area contributed by atoms with Gasteiger partial charge in [0.15, 0.2) is 0 Å². The highest BCUT2D eigenvalue weighted by molar-refractivity contribution is 5.67. The van der Waals surface area contributed by atoms with Gasteiger partial charge in [0.2, 0.25) is 0 Å². The molecule has 0 aromatic carbocycles. The first-order chi connectivity index (χ1) is 7.86. The largest absolute Gasteiger partial charge is 0.446 e. The summed E-state index contributed by atoms with van der Waals surface area (Å²) in [5.41, 5.74) is 0. The lowest BCUT2D eigenvalue weighted by molar-refractivity contribution is 0.0514. The summed E-state index contributed by atoms with van der Waals surface area (Å²) in [6.07, 6.45) is 10.8. The Morgan fingerprint density at radius 1 is 0.875 bits per heavy atom. The second-order valence-electron chi connectivity index (χ2n) is 5.05. The van der Waals surface area contributed by atoms with Crippen molar-refractivity contribution in [2.75, 3.05) is 13.1 Å². The Morgan fingerprint density at radius 3 is 2.06 bits per heavy atom. The molecule has 0 unspecified atom stereocenters. The van der Waals surface area contributed by atoms with Crippen molar-refractivity contribution in [2.45, 2.75) is 63.9 Å². The summed E-state index contributed by atoms with van der Waals surface area (Å²) in [6.45, 7) is 1.79. The van der Waals surface area contributed by atoms with Crippen LogP contribution in [0.15, 0.2) is 0 Å². The van der Waals surface area contributed by atoms with Crippen molar-refractivity contribution in [3.63, 3.8) is 0 Å². The summed E-state index contributed by atoms with van der Waals surface area (Å²) >= 11 is 0. The number of amides is 1. The average molecular weight is 225 g/mol. The topological polar surface area (TPSA) is 29.5 Å². The molecule has 0 N–H and O–H groups in total. The molecule has 2 aliphatic rings. The van der Waals surface area contributed by atoms with E-state index in [4.69, 9.17) is 4.74 Å². The fourth-order valence-corrected chi connectivity index (χ4v) is 2.65. The van der Waals surface area contributed by atoms with Crippen LogP contribution in [0.2, 0.25) is 0 Å².